The normalized spacial score (nSPS) is 11.5. The number of carbonyl (C=O) groups excluding carboxylic acids is 1. The fourth-order valence-electron chi connectivity index (χ4n) is 3.18. The van der Waals surface area contributed by atoms with Crippen LogP contribution in [0.15, 0.2) is 72.8 Å². The van der Waals surface area contributed by atoms with Crippen molar-refractivity contribution in [1.29, 1.82) is 0 Å². The summed E-state index contributed by atoms with van der Waals surface area (Å²) >= 11 is 0. The molecule has 0 spiro atoms. The highest BCUT2D eigenvalue weighted by Crippen LogP contribution is 2.28. The van der Waals surface area contributed by atoms with Gasteiger partial charge in [-0.15, -0.1) is 0 Å². The van der Waals surface area contributed by atoms with Crippen molar-refractivity contribution in [2.45, 2.75) is 31.8 Å². The van der Waals surface area contributed by atoms with E-state index in [1.54, 1.807) is 0 Å². The van der Waals surface area contributed by atoms with Crippen LogP contribution in [0.5, 0.6) is 5.88 Å². The number of unbranched alkanes of at least 4 members (excludes halogenated alkanes) is 2. The van der Waals surface area contributed by atoms with Gasteiger partial charge in [-0.3, -0.25) is 4.79 Å². The molecule has 1 amide bonds. The van der Waals surface area contributed by atoms with Gasteiger partial charge in [-0.1, -0.05) is 60.7 Å². The van der Waals surface area contributed by atoms with Crippen LogP contribution in [0.3, 0.4) is 0 Å². The van der Waals surface area contributed by atoms with Crippen LogP contribution in [-0.2, 0) is 9.59 Å². The van der Waals surface area contributed by atoms with E-state index >= 15 is 0 Å². The van der Waals surface area contributed by atoms with E-state index in [-0.39, 0.29) is 12.3 Å². The van der Waals surface area contributed by atoms with E-state index in [2.05, 4.69) is 28.5 Å². The minimum atomic E-state index is -1.37. The topological polar surface area (TPSA) is 115 Å². The molecule has 7 heteroatoms. The Hall–Kier alpha value is -3.71. The van der Waals surface area contributed by atoms with E-state index in [0.29, 0.717) is 18.9 Å². The van der Waals surface area contributed by atoms with Crippen molar-refractivity contribution in [3.8, 4) is 28.3 Å². The van der Waals surface area contributed by atoms with Crippen molar-refractivity contribution in [3.63, 3.8) is 0 Å². The minimum absolute atomic E-state index is 0.223. The molecule has 0 aliphatic heterocycles. The molecule has 1 heterocycles. The molecule has 1 aromatic heterocycles. The Bertz CT molecular complexity index is 968. The number of amides is 1. The number of carbonyl (C=O) groups is 2. The lowest BCUT2D eigenvalue weighted by Crippen LogP contribution is -2.47. The lowest BCUT2D eigenvalue weighted by Gasteiger charge is -2.11. The second-order valence-corrected chi connectivity index (χ2v) is 7.35. The van der Waals surface area contributed by atoms with Crippen molar-refractivity contribution in [1.82, 2.24) is 10.3 Å². The highest BCUT2D eigenvalue weighted by Gasteiger charge is 2.13. The summed E-state index contributed by atoms with van der Waals surface area (Å²) in [6, 6.07) is 24.0. The maximum absolute atomic E-state index is 11.7. The predicted molar refractivity (Wildman–Crippen MR) is 123 cm³/mol. The second kappa shape index (κ2) is 11.6. The zero-order valence-corrected chi connectivity index (χ0v) is 17.7. The third kappa shape index (κ3) is 6.92. The van der Waals surface area contributed by atoms with Crippen molar-refractivity contribution in [2.75, 3.05) is 6.61 Å². The van der Waals surface area contributed by atoms with E-state index in [0.717, 1.165) is 35.2 Å². The first-order chi connectivity index (χ1) is 15.5. The molecule has 0 bridgehead atoms. The molecule has 0 saturated carbocycles. The quantitative estimate of drug-likeness (QED) is 0.313. The van der Waals surface area contributed by atoms with Gasteiger partial charge in [0.1, 0.15) is 0 Å². The predicted octanol–water partition coefficient (Wildman–Crippen LogP) is 3.84. The number of nitrogens with one attached hydrogen (secondary N) is 1. The highest BCUT2D eigenvalue weighted by atomic mass is 16.5. The summed E-state index contributed by atoms with van der Waals surface area (Å²) in [5, 5.41) is 10.9. The molecular formula is C25H27N3O4. The Labute approximate surface area is 187 Å². The number of carboxylic acid groups (broad SMARTS) is 1. The SMILES string of the molecule is NC(NC(=O)CCCCCOc1cc(-c2ccccc2)cc(-c2ccccc2)n1)C(=O)O. The van der Waals surface area contributed by atoms with Crippen molar-refractivity contribution in [3.05, 3.63) is 72.8 Å². The maximum atomic E-state index is 11.7. The van der Waals surface area contributed by atoms with Crippen LogP contribution in [0.1, 0.15) is 25.7 Å². The van der Waals surface area contributed by atoms with Crippen LogP contribution in [0.2, 0.25) is 0 Å². The Morgan fingerprint density at radius 1 is 0.906 bits per heavy atom. The molecule has 3 rings (SSSR count). The third-order valence-electron chi connectivity index (χ3n) is 4.86. The van der Waals surface area contributed by atoms with Gasteiger partial charge in [0.15, 0.2) is 6.17 Å². The van der Waals surface area contributed by atoms with Crippen molar-refractivity contribution >= 4 is 11.9 Å². The average molecular weight is 434 g/mol. The Balaban J connectivity index is 1.57. The van der Waals surface area contributed by atoms with E-state index in [9.17, 15) is 9.59 Å². The molecule has 0 radical (unpaired) electrons. The molecule has 2 aromatic carbocycles. The fourth-order valence-corrected chi connectivity index (χ4v) is 3.18. The lowest BCUT2D eigenvalue weighted by molar-refractivity contribution is -0.141. The standard InChI is InChI=1S/C25H27N3O4/c26-24(25(30)31)28-22(29)14-8-3-9-15-32-23-17-20(18-10-4-1-5-11-18)16-21(27-23)19-12-6-2-7-13-19/h1-2,4-7,10-13,16-17,24H,3,8-9,14-15,26H2,(H,28,29)(H,30,31). The number of nitrogens with zero attached hydrogens (tertiary/aromatic N) is 1. The molecule has 3 aromatic rings. The largest absolute Gasteiger partial charge is 0.479 e. The molecule has 0 aliphatic carbocycles. The van der Waals surface area contributed by atoms with Gasteiger partial charge in [-0.25, -0.2) is 9.78 Å². The fraction of sp³-hybridized carbons (Fsp3) is 0.240. The van der Waals surface area contributed by atoms with Crippen molar-refractivity contribution < 1.29 is 19.4 Å². The molecule has 0 fully saturated rings. The maximum Gasteiger partial charge on any atom is 0.341 e. The first-order valence-electron chi connectivity index (χ1n) is 10.6. The molecule has 7 nitrogen and oxygen atoms in total. The zero-order valence-electron chi connectivity index (χ0n) is 17.7. The summed E-state index contributed by atoms with van der Waals surface area (Å²) in [6.07, 6.45) is 0.984. The summed E-state index contributed by atoms with van der Waals surface area (Å²) in [5.74, 6) is -1.08. The number of rotatable bonds is 11. The van der Waals surface area contributed by atoms with E-state index in [1.807, 2.05) is 54.6 Å². The summed E-state index contributed by atoms with van der Waals surface area (Å²) in [6.45, 7) is 0.468. The molecule has 1 atom stereocenters. The van der Waals surface area contributed by atoms with E-state index < -0.39 is 12.1 Å². The summed E-state index contributed by atoms with van der Waals surface area (Å²) in [7, 11) is 0. The number of hydrogen-bond donors (Lipinski definition) is 3. The monoisotopic (exact) mass is 433 g/mol. The van der Waals surface area contributed by atoms with Crippen LogP contribution in [0.25, 0.3) is 22.4 Å². The van der Waals surface area contributed by atoms with Gasteiger partial charge in [0.05, 0.1) is 12.3 Å². The third-order valence-corrected chi connectivity index (χ3v) is 4.86. The van der Waals surface area contributed by atoms with Crippen molar-refractivity contribution in [2.24, 2.45) is 5.73 Å². The van der Waals surface area contributed by atoms with Crippen LogP contribution in [0, 0.1) is 0 Å². The van der Waals surface area contributed by atoms with E-state index in [4.69, 9.17) is 15.6 Å². The highest BCUT2D eigenvalue weighted by molar-refractivity contribution is 5.82. The Kier molecular flexibility index (Phi) is 8.34. The number of hydrogen-bond acceptors (Lipinski definition) is 5. The van der Waals surface area contributed by atoms with Gasteiger partial charge >= 0.3 is 5.97 Å². The Morgan fingerprint density at radius 3 is 2.22 bits per heavy atom. The smallest absolute Gasteiger partial charge is 0.341 e. The zero-order chi connectivity index (χ0) is 22.8. The molecule has 0 aliphatic rings. The summed E-state index contributed by atoms with van der Waals surface area (Å²) < 4.78 is 5.92. The summed E-state index contributed by atoms with van der Waals surface area (Å²) in [4.78, 5) is 27.0. The number of nitrogens with two attached hydrogens (primary N) is 1. The van der Waals surface area contributed by atoms with Crippen LogP contribution < -0.4 is 15.8 Å². The molecule has 0 saturated heterocycles. The number of carboxylic acids is 1. The molecular weight excluding hydrogens is 406 g/mol. The number of aliphatic carboxylic acids is 1. The minimum Gasteiger partial charge on any atom is -0.479 e. The van der Waals surface area contributed by atoms with Gasteiger partial charge in [-0.2, -0.15) is 0 Å². The lowest BCUT2D eigenvalue weighted by atomic mass is 10.0. The molecule has 4 N–H and O–H groups in total. The Morgan fingerprint density at radius 2 is 1.56 bits per heavy atom. The number of benzene rings is 2. The van der Waals surface area contributed by atoms with Gasteiger partial charge in [0, 0.05) is 18.1 Å². The van der Waals surface area contributed by atoms with Crippen LogP contribution in [0.4, 0.5) is 0 Å². The van der Waals surface area contributed by atoms with Crippen LogP contribution >= 0.6 is 0 Å². The van der Waals surface area contributed by atoms with Gasteiger partial charge in [0.25, 0.3) is 0 Å². The summed E-state index contributed by atoms with van der Waals surface area (Å²) in [5.41, 5.74) is 9.25. The first-order valence-corrected chi connectivity index (χ1v) is 10.6. The first kappa shape index (κ1) is 23.0. The van der Waals surface area contributed by atoms with E-state index in [1.165, 1.54) is 0 Å². The molecule has 32 heavy (non-hydrogen) atoms. The van der Waals surface area contributed by atoms with Gasteiger partial charge in [-0.05, 0) is 36.5 Å². The number of ether oxygens (including phenoxy) is 1. The van der Waals surface area contributed by atoms with Crippen LogP contribution in [-0.4, -0.2) is 34.7 Å². The van der Waals surface area contributed by atoms with Gasteiger partial charge in [0.2, 0.25) is 11.8 Å². The molecule has 1 unspecified atom stereocenters. The average Bonchev–Trinajstić information content (AvgIpc) is 2.82. The van der Waals surface area contributed by atoms with Gasteiger partial charge < -0.3 is 20.9 Å². The number of pyridine rings is 1. The molecule has 166 valence electrons. The number of aromatic nitrogens is 1. The second-order valence-electron chi connectivity index (χ2n) is 7.35.